The summed E-state index contributed by atoms with van der Waals surface area (Å²) >= 11 is 0. The lowest BCUT2D eigenvalue weighted by atomic mass is 9.81. The van der Waals surface area contributed by atoms with Crippen LogP contribution in [0.15, 0.2) is 18.2 Å². The Morgan fingerprint density at radius 2 is 1.14 bits per heavy atom. The first-order valence-electron chi connectivity index (χ1n) is 5.24. The van der Waals surface area contributed by atoms with E-state index in [0.29, 0.717) is 0 Å². The molecule has 1 aromatic carbocycles. The minimum atomic E-state index is 0.196. The number of rotatable bonds is 0. The Kier molecular flexibility index (Phi) is 2.76. The van der Waals surface area contributed by atoms with Crippen LogP contribution in [0, 0.1) is 6.07 Å². The molecule has 1 aromatic rings. The van der Waals surface area contributed by atoms with E-state index in [4.69, 9.17) is 0 Å². The molecule has 0 nitrogen and oxygen atoms in total. The van der Waals surface area contributed by atoms with Gasteiger partial charge >= 0.3 is 0 Å². The summed E-state index contributed by atoms with van der Waals surface area (Å²) in [6.45, 7) is 13.4. The Morgan fingerprint density at radius 1 is 0.786 bits per heavy atom. The number of benzene rings is 1. The van der Waals surface area contributed by atoms with Crippen molar-refractivity contribution in [1.29, 1.82) is 0 Å². The summed E-state index contributed by atoms with van der Waals surface area (Å²) in [7, 11) is 0. The van der Waals surface area contributed by atoms with Gasteiger partial charge in [0.2, 0.25) is 0 Å². The lowest BCUT2D eigenvalue weighted by Gasteiger charge is -2.24. The summed E-state index contributed by atoms with van der Waals surface area (Å²) in [5.74, 6) is 0. The maximum Gasteiger partial charge on any atom is -0.0103 e. The van der Waals surface area contributed by atoms with E-state index in [0.717, 1.165) is 0 Å². The molecule has 0 atom stereocenters. The molecule has 0 heteroatoms. The predicted octanol–water partition coefficient (Wildman–Crippen LogP) is 4.08. The minimum absolute atomic E-state index is 0.196. The second kappa shape index (κ2) is 3.42. The molecule has 0 heterocycles. The molecule has 0 spiro atoms. The first-order chi connectivity index (χ1) is 6.21. The quantitative estimate of drug-likeness (QED) is 0.577. The van der Waals surface area contributed by atoms with Crippen molar-refractivity contribution in [3.8, 4) is 0 Å². The Hall–Kier alpha value is -0.780. The lowest BCUT2D eigenvalue weighted by molar-refractivity contribution is 0.566. The predicted molar refractivity (Wildman–Crippen MR) is 62.7 cm³/mol. The van der Waals surface area contributed by atoms with Gasteiger partial charge in [0.05, 0.1) is 0 Å². The van der Waals surface area contributed by atoms with Gasteiger partial charge in [0.1, 0.15) is 0 Å². The number of hydrogen-bond acceptors (Lipinski definition) is 0. The van der Waals surface area contributed by atoms with Crippen molar-refractivity contribution < 1.29 is 0 Å². The van der Waals surface area contributed by atoms with E-state index in [2.05, 4.69) is 65.8 Å². The molecule has 77 valence electrons. The van der Waals surface area contributed by atoms with Crippen molar-refractivity contribution in [2.45, 2.75) is 52.4 Å². The van der Waals surface area contributed by atoms with E-state index in [1.54, 1.807) is 0 Å². The Bertz CT molecular complexity index is 278. The average Bonchev–Trinajstić information content (AvgIpc) is 2.01. The van der Waals surface area contributed by atoms with E-state index in [1.165, 1.54) is 11.1 Å². The van der Waals surface area contributed by atoms with Crippen LogP contribution in [0.2, 0.25) is 0 Å². The highest BCUT2D eigenvalue weighted by atomic mass is 14.2. The molecule has 0 fully saturated rings. The van der Waals surface area contributed by atoms with E-state index in [-0.39, 0.29) is 10.8 Å². The van der Waals surface area contributed by atoms with Crippen LogP contribution in [0.5, 0.6) is 0 Å². The summed E-state index contributed by atoms with van der Waals surface area (Å²) in [6.07, 6.45) is 0. The first kappa shape index (κ1) is 11.3. The van der Waals surface area contributed by atoms with Crippen molar-refractivity contribution in [3.63, 3.8) is 0 Å². The molecule has 1 rings (SSSR count). The molecule has 1 radical (unpaired) electrons. The van der Waals surface area contributed by atoms with Crippen LogP contribution in [-0.2, 0) is 10.8 Å². The fraction of sp³-hybridized carbons (Fsp3) is 0.571. The second-order valence-electron chi connectivity index (χ2n) is 5.98. The maximum absolute atomic E-state index is 3.52. The van der Waals surface area contributed by atoms with E-state index in [1.807, 2.05) is 0 Å². The highest BCUT2D eigenvalue weighted by Crippen LogP contribution is 2.27. The van der Waals surface area contributed by atoms with Crippen LogP contribution >= 0.6 is 0 Å². The van der Waals surface area contributed by atoms with Gasteiger partial charge < -0.3 is 0 Å². The fourth-order valence-electron chi connectivity index (χ4n) is 1.34. The van der Waals surface area contributed by atoms with Gasteiger partial charge in [-0.15, -0.1) is 0 Å². The molecular weight excluding hydrogens is 168 g/mol. The van der Waals surface area contributed by atoms with Crippen LogP contribution in [0.25, 0.3) is 0 Å². The Balaban J connectivity index is 3.15. The largest absolute Gasteiger partial charge is 0.0616 e. The summed E-state index contributed by atoms with van der Waals surface area (Å²) in [5, 5.41) is 0. The summed E-state index contributed by atoms with van der Waals surface area (Å²) in [5.41, 5.74) is 2.98. The highest BCUT2D eigenvalue weighted by Gasteiger charge is 2.18. The van der Waals surface area contributed by atoms with Crippen LogP contribution in [0.3, 0.4) is 0 Å². The molecule has 0 N–H and O–H groups in total. The summed E-state index contributed by atoms with van der Waals surface area (Å²) < 4.78 is 0. The van der Waals surface area contributed by atoms with Gasteiger partial charge in [-0.25, -0.2) is 0 Å². The van der Waals surface area contributed by atoms with E-state index < -0.39 is 0 Å². The van der Waals surface area contributed by atoms with Crippen LogP contribution in [0.4, 0.5) is 0 Å². The molecule has 0 saturated carbocycles. The summed E-state index contributed by atoms with van der Waals surface area (Å²) in [4.78, 5) is 0. The molecule has 0 amide bonds. The molecule has 0 saturated heterocycles. The van der Waals surface area contributed by atoms with Gasteiger partial charge in [-0.1, -0.05) is 59.7 Å². The lowest BCUT2D eigenvalue weighted by Crippen LogP contribution is -2.16. The third kappa shape index (κ3) is 2.60. The number of hydrogen-bond donors (Lipinski definition) is 0. The third-order valence-corrected chi connectivity index (χ3v) is 2.41. The van der Waals surface area contributed by atoms with Crippen LogP contribution < -0.4 is 0 Å². The topological polar surface area (TPSA) is 0 Å². The molecule has 0 unspecified atom stereocenters. The fourth-order valence-corrected chi connectivity index (χ4v) is 1.34. The minimum Gasteiger partial charge on any atom is -0.0616 e. The van der Waals surface area contributed by atoms with Crippen molar-refractivity contribution in [2.24, 2.45) is 0 Å². The average molecular weight is 189 g/mol. The highest BCUT2D eigenvalue weighted by molar-refractivity contribution is 5.30. The molecular formula is C14H21. The molecule has 14 heavy (non-hydrogen) atoms. The van der Waals surface area contributed by atoms with E-state index in [9.17, 15) is 0 Å². The monoisotopic (exact) mass is 189 g/mol. The molecule has 0 aliphatic heterocycles. The van der Waals surface area contributed by atoms with Crippen molar-refractivity contribution in [3.05, 3.63) is 35.4 Å². The zero-order chi connectivity index (χ0) is 11.0. The maximum atomic E-state index is 3.52. The first-order valence-corrected chi connectivity index (χ1v) is 5.24. The SMILES string of the molecule is CC(C)(C)c1[c]c(C(C)(C)C)ccc1. The van der Waals surface area contributed by atoms with Crippen molar-refractivity contribution in [1.82, 2.24) is 0 Å². The van der Waals surface area contributed by atoms with Gasteiger partial charge in [-0.3, -0.25) is 0 Å². The van der Waals surface area contributed by atoms with Gasteiger partial charge in [0.25, 0.3) is 0 Å². The molecule has 0 bridgehead atoms. The molecule has 0 aliphatic carbocycles. The van der Waals surface area contributed by atoms with Crippen molar-refractivity contribution >= 4 is 0 Å². The van der Waals surface area contributed by atoms with Gasteiger partial charge in [-0.2, -0.15) is 0 Å². The Labute approximate surface area is 88.4 Å². The van der Waals surface area contributed by atoms with Gasteiger partial charge in [-0.05, 0) is 28.0 Å². The second-order valence-corrected chi connectivity index (χ2v) is 5.98. The standard InChI is InChI=1S/C14H21/c1-13(2,3)11-8-7-9-12(10-11)14(4,5)6/h7-9H,1-6H3. The van der Waals surface area contributed by atoms with Gasteiger partial charge in [0, 0.05) is 0 Å². The molecule has 0 aromatic heterocycles. The van der Waals surface area contributed by atoms with Crippen LogP contribution in [-0.4, -0.2) is 0 Å². The van der Waals surface area contributed by atoms with Crippen LogP contribution in [0.1, 0.15) is 52.7 Å². The normalized spacial score (nSPS) is 13.0. The smallest absolute Gasteiger partial charge is 0.0103 e. The third-order valence-electron chi connectivity index (χ3n) is 2.41. The van der Waals surface area contributed by atoms with E-state index >= 15 is 0 Å². The van der Waals surface area contributed by atoms with Crippen molar-refractivity contribution in [2.75, 3.05) is 0 Å². The van der Waals surface area contributed by atoms with Gasteiger partial charge in [0.15, 0.2) is 0 Å². The zero-order valence-electron chi connectivity index (χ0n) is 10.2. The summed E-state index contributed by atoms with van der Waals surface area (Å²) in [6, 6.07) is 9.98. The molecule has 0 aliphatic rings. The zero-order valence-corrected chi connectivity index (χ0v) is 10.2. The Morgan fingerprint density at radius 3 is 1.43 bits per heavy atom.